The van der Waals surface area contributed by atoms with E-state index in [1.54, 1.807) is 0 Å². The van der Waals surface area contributed by atoms with Crippen molar-refractivity contribution in [2.75, 3.05) is 6.61 Å². The maximum atomic E-state index is 13.1. The highest BCUT2D eigenvalue weighted by Crippen LogP contribution is 2.18. The van der Waals surface area contributed by atoms with Crippen LogP contribution in [0.5, 0.6) is 0 Å². The number of allylic oxidation sites excluding steroid dienone is 2. The zero-order valence-corrected chi connectivity index (χ0v) is 37.1. The van der Waals surface area contributed by atoms with E-state index in [0.29, 0.717) is 19.3 Å². The lowest BCUT2D eigenvalue weighted by Crippen LogP contribution is -2.46. The van der Waals surface area contributed by atoms with E-state index in [2.05, 4.69) is 38.2 Å². The molecule has 3 atom stereocenters. The predicted molar refractivity (Wildman–Crippen MR) is 237 cm³/mol. The molecule has 0 rings (SSSR count). The van der Waals surface area contributed by atoms with Crippen molar-refractivity contribution in [3.8, 4) is 0 Å². The average Bonchev–Trinajstić information content (AvgIpc) is 3.18. The molecule has 0 aromatic heterocycles. The third kappa shape index (κ3) is 39.2. The Hall–Kier alpha value is -1.40. The molecular weight excluding hydrogens is 683 g/mol. The van der Waals surface area contributed by atoms with Gasteiger partial charge >= 0.3 is 5.97 Å². The van der Waals surface area contributed by atoms with Crippen LogP contribution in [0.4, 0.5) is 0 Å². The SMILES string of the molecule is CCCCCCCC/C=C\CCCCCC(=O)OC(CCCCCCCCCCCC)CC(=O)NC(CO)C(O)CCCCCCCCCCCCCCC. The fraction of sp³-hybridized carbons (Fsp3) is 0.918. The van der Waals surface area contributed by atoms with E-state index < -0.39 is 18.2 Å². The average molecular weight is 778 g/mol. The second kappa shape index (κ2) is 43.7. The van der Waals surface area contributed by atoms with Gasteiger partial charge in [-0.2, -0.15) is 0 Å². The summed E-state index contributed by atoms with van der Waals surface area (Å²) in [5, 5.41) is 23.7. The molecule has 0 aliphatic carbocycles. The number of aliphatic hydroxyl groups excluding tert-OH is 2. The number of carbonyl (C=O) groups excluding carboxylic acids is 2. The zero-order valence-electron chi connectivity index (χ0n) is 37.1. The van der Waals surface area contributed by atoms with Crippen molar-refractivity contribution in [3.63, 3.8) is 0 Å². The van der Waals surface area contributed by atoms with Crippen LogP contribution in [0.1, 0.15) is 265 Å². The summed E-state index contributed by atoms with van der Waals surface area (Å²) in [6, 6.07) is -0.696. The van der Waals surface area contributed by atoms with Gasteiger partial charge in [0.2, 0.25) is 5.91 Å². The molecule has 3 N–H and O–H groups in total. The van der Waals surface area contributed by atoms with Gasteiger partial charge in [0.05, 0.1) is 25.2 Å². The molecule has 55 heavy (non-hydrogen) atoms. The molecule has 0 aliphatic rings. The summed E-state index contributed by atoms with van der Waals surface area (Å²) in [5.74, 6) is -0.481. The standard InChI is InChI=1S/C49H95NO5/c1-4-7-10-13-16-19-22-24-26-29-32-35-38-41-47(52)46(44-51)50-48(53)43-45(40-37-34-31-28-21-18-15-12-9-6-3)55-49(54)42-39-36-33-30-27-25-23-20-17-14-11-8-5-2/h25,27,45-47,51-52H,4-24,26,28-44H2,1-3H3,(H,50,53)/b27-25-. The topological polar surface area (TPSA) is 95.9 Å². The quantitative estimate of drug-likeness (QED) is 0.0325. The van der Waals surface area contributed by atoms with E-state index in [-0.39, 0.29) is 24.9 Å². The maximum Gasteiger partial charge on any atom is 0.306 e. The lowest BCUT2D eigenvalue weighted by Gasteiger charge is -2.24. The van der Waals surface area contributed by atoms with Gasteiger partial charge in [-0.05, 0) is 51.4 Å². The Kier molecular flexibility index (Phi) is 42.6. The molecule has 1 amide bonds. The Morgan fingerprint density at radius 2 is 0.873 bits per heavy atom. The fourth-order valence-corrected chi connectivity index (χ4v) is 7.60. The Labute approximate surface area is 342 Å². The highest BCUT2D eigenvalue weighted by Gasteiger charge is 2.24. The van der Waals surface area contributed by atoms with Crippen LogP contribution in [-0.4, -0.2) is 46.9 Å². The number of carbonyl (C=O) groups is 2. The van der Waals surface area contributed by atoms with Gasteiger partial charge in [0.1, 0.15) is 6.10 Å². The van der Waals surface area contributed by atoms with E-state index in [4.69, 9.17) is 4.74 Å². The van der Waals surface area contributed by atoms with E-state index in [9.17, 15) is 19.8 Å². The summed E-state index contributed by atoms with van der Waals surface area (Å²) >= 11 is 0. The predicted octanol–water partition coefficient (Wildman–Crippen LogP) is 14.2. The van der Waals surface area contributed by atoms with Crippen LogP contribution in [0.2, 0.25) is 0 Å². The minimum atomic E-state index is -0.782. The summed E-state index contributed by atoms with van der Waals surface area (Å²) < 4.78 is 5.90. The molecule has 0 aromatic rings. The Morgan fingerprint density at radius 1 is 0.509 bits per heavy atom. The molecule has 0 heterocycles. The first kappa shape index (κ1) is 53.6. The van der Waals surface area contributed by atoms with Crippen LogP contribution < -0.4 is 5.32 Å². The molecule has 0 aromatic carbocycles. The number of esters is 1. The number of amides is 1. The Balaban J connectivity index is 4.52. The van der Waals surface area contributed by atoms with Crippen molar-refractivity contribution in [1.82, 2.24) is 5.32 Å². The molecule has 0 spiro atoms. The lowest BCUT2D eigenvalue weighted by molar-refractivity contribution is -0.151. The van der Waals surface area contributed by atoms with Crippen molar-refractivity contribution in [2.24, 2.45) is 0 Å². The normalized spacial score (nSPS) is 13.3. The highest BCUT2D eigenvalue weighted by atomic mass is 16.5. The van der Waals surface area contributed by atoms with Crippen molar-refractivity contribution < 1.29 is 24.5 Å². The van der Waals surface area contributed by atoms with Gasteiger partial charge in [0.15, 0.2) is 0 Å². The highest BCUT2D eigenvalue weighted by molar-refractivity contribution is 5.77. The van der Waals surface area contributed by atoms with Gasteiger partial charge in [-0.1, -0.05) is 213 Å². The summed E-state index contributed by atoms with van der Waals surface area (Å²) in [4.78, 5) is 26.0. The molecule has 0 bridgehead atoms. The van der Waals surface area contributed by atoms with Crippen molar-refractivity contribution in [3.05, 3.63) is 12.2 Å². The van der Waals surface area contributed by atoms with Gasteiger partial charge < -0.3 is 20.3 Å². The molecule has 6 heteroatoms. The maximum absolute atomic E-state index is 13.1. The number of hydrogen-bond acceptors (Lipinski definition) is 5. The molecule has 0 aliphatic heterocycles. The van der Waals surface area contributed by atoms with Gasteiger partial charge in [-0.3, -0.25) is 9.59 Å². The minimum Gasteiger partial charge on any atom is -0.462 e. The fourth-order valence-electron chi connectivity index (χ4n) is 7.60. The number of ether oxygens (including phenoxy) is 1. The number of unbranched alkanes of at least 4 members (excludes halogenated alkanes) is 30. The second-order valence-corrected chi connectivity index (χ2v) is 16.9. The third-order valence-electron chi connectivity index (χ3n) is 11.3. The largest absolute Gasteiger partial charge is 0.462 e. The molecule has 326 valence electrons. The van der Waals surface area contributed by atoms with Crippen LogP contribution in [-0.2, 0) is 14.3 Å². The molecule has 0 fully saturated rings. The molecule has 0 radical (unpaired) electrons. The van der Waals surface area contributed by atoms with Crippen LogP contribution >= 0.6 is 0 Å². The Bertz CT molecular complexity index is 832. The zero-order chi connectivity index (χ0) is 40.3. The number of rotatable bonds is 44. The van der Waals surface area contributed by atoms with E-state index in [1.165, 1.54) is 167 Å². The lowest BCUT2D eigenvalue weighted by atomic mass is 10.0. The van der Waals surface area contributed by atoms with E-state index in [0.717, 1.165) is 51.4 Å². The molecule has 0 saturated carbocycles. The first-order chi connectivity index (χ1) is 27.0. The summed E-state index contributed by atoms with van der Waals surface area (Å²) in [7, 11) is 0. The van der Waals surface area contributed by atoms with Crippen LogP contribution in [0.25, 0.3) is 0 Å². The van der Waals surface area contributed by atoms with Crippen LogP contribution in [0.3, 0.4) is 0 Å². The van der Waals surface area contributed by atoms with Gasteiger partial charge in [0, 0.05) is 6.42 Å². The number of nitrogens with one attached hydrogen (secondary N) is 1. The first-order valence-corrected chi connectivity index (χ1v) is 24.4. The smallest absolute Gasteiger partial charge is 0.306 e. The van der Waals surface area contributed by atoms with Crippen molar-refractivity contribution in [1.29, 1.82) is 0 Å². The molecule has 0 saturated heterocycles. The van der Waals surface area contributed by atoms with Gasteiger partial charge in [-0.25, -0.2) is 0 Å². The van der Waals surface area contributed by atoms with Crippen LogP contribution in [0, 0.1) is 0 Å². The van der Waals surface area contributed by atoms with E-state index in [1.807, 2.05) is 0 Å². The van der Waals surface area contributed by atoms with E-state index >= 15 is 0 Å². The molecule has 6 nitrogen and oxygen atoms in total. The second-order valence-electron chi connectivity index (χ2n) is 16.9. The molecular formula is C49H95NO5. The Morgan fingerprint density at radius 3 is 1.29 bits per heavy atom. The van der Waals surface area contributed by atoms with Crippen molar-refractivity contribution >= 4 is 11.9 Å². The summed E-state index contributed by atoms with van der Waals surface area (Å²) in [6.45, 7) is 6.47. The monoisotopic (exact) mass is 778 g/mol. The molecule has 3 unspecified atom stereocenters. The summed E-state index contributed by atoms with van der Waals surface area (Å²) in [5.41, 5.74) is 0. The van der Waals surface area contributed by atoms with Gasteiger partial charge in [-0.15, -0.1) is 0 Å². The minimum absolute atomic E-state index is 0.0779. The third-order valence-corrected chi connectivity index (χ3v) is 11.3. The van der Waals surface area contributed by atoms with Crippen molar-refractivity contribution in [2.45, 2.75) is 283 Å². The van der Waals surface area contributed by atoms with Crippen LogP contribution in [0.15, 0.2) is 12.2 Å². The van der Waals surface area contributed by atoms with Gasteiger partial charge in [0.25, 0.3) is 0 Å². The number of hydrogen-bond donors (Lipinski definition) is 3. The number of aliphatic hydroxyl groups is 2. The summed E-state index contributed by atoms with van der Waals surface area (Å²) in [6.07, 6.45) is 47.0. The first-order valence-electron chi connectivity index (χ1n) is 24.4.